The second-order valence-corrected chi connectivity index (χ2v) is 6.68. The first-order valence-electron chi connectivity index (χ1n) is 9.08. The first-order chi connectivity index (χ1) is 13.8. The minimum Gasteiger partial charge on any atom is -0.497 e. The molecular weight excluding hydrogens is 374 g/mol. The maximum absolute atomic E-state index is 12.7. The molecule has 29 heavy (non-hydrogen) atoms. The second kappa shape index (κ2) is 8.22. The summed E-state index contributed by atoms with van der Waals surface area (Å²) in [7, 11) is 1.61. The van der Waals surface area contributed by atoms with E-state index in [0.717, 1.165) is 22.8 Å². The van der Waals surface area contributed by atoms with E-state index in [1.165, 1.54) is 6.92 Å². The fourth-order valence-corrected chi connectivity index (χ4v) is 3.03. The van der Waals surface area contributed by atoms with E-state index in [2.05, 4.69) is 10.5 Å². The lowest BCUT2D eigenvalue weighted by Gasteiger charge is -2.13. The third-order valence-corrected chi connectivity index (χ3v) is 4.51. The first-order valence-corrected chi connectivity index (χ1v) is 9.08. The average molecular weight is 397 g/mol. The van der Waals surface area contributed by atoms with E-state index in [-0.39, 0.29) is 5.82 Å². The predicted molar refractivity (Wildman–Crippen MR) is 107 cm³/mol. The van der Waals surface area contributed by atoms with Crippen molar-refractivity contribution in [3.63, 3.8) is 0 Å². The van der Waals surface area contributed by atoms with Crippen LogP contribution in [0, 0.1) is 20.8 Å². The molecule has 3 rings (SSSR count). The summed E-state index contributed by atoms with van der Waals surface area (Å²) in [5.41, 5.74) is 2.88. The van der Waals surface area contributed by atoms with Gasteiger partial charge in [-0.25, -0.2) is 4.79 Å². The standard InChI is InChI=1S/C21H23N3O5/c1-12-10-18(14(3)24(12)16-6-8-17(27-5)9-7-16)21(26)28-15(4)20(25)22-19-11-13(2)29-23-19/h6-11,15H,1-5H3,(H,22,23,25)/t15-/m1/s1. The van der Waals surface area contributed by atoms with E-state index >= 15 is 0 Å². The molecule has 0 radical (unpaired) electrons. The van der Waals surface area contributed by atoms with Gasteiger partial charge in [-0.1, -0.05) is 5.16 Å². The van der Waals surface area contributed by atoms with Gasteiger partial charge in [0, 0.05) is 23.1 Å². The molecule has 0 aliphatic rings. The van der Waals surface area contributed by atoms with Gasteiger partial charge < -0.3 is 23.9 Å². The van der Waals surface area contributed by atoms with Crippen LogP contribution in [-0.4, -0.2) is 34.8 Å². The van der Waals surface area contributed by atoms with Crippen LogP contribution >= 0.6 is 0 Å². The van der Waals surface area contributed by atoms with Gasteiger partial charge in [0.2, 0.25) is 0 Å². The number of rotatable bonds is 6. The number of carbonyl (C=O) groups excluding carboxylic acids is 2. The topological polar surface area (TPSA) is 95.6 Å². The average Bonchev–Trinajstić information content (AvgIpc) is 3.23. The van der Waals surface area contributed by atoms with Crippen molar-refractivity contribution in [1.29, 1.82) is 0 Å². The van der Waals surface area contributed by atoms with E-state index in [1.807, 2.05) is 42.7 Å². The Hall–Kier alpha value is -3.55. The molecule has 1 N–H and O–H groups in total. The highest BCUT2D eigenvalue weighted by Gasteiger charge is 2.23. The van der Waals surface area contributed by atoms with Gasteiger partial charge in [-0.15, -0.1) is 0 Å². The number of methoxy groups -OCH3 is 1. The molecule has 1 atom stereocenters. The molecule has 1 amide bonds. The van der Waals surface area contributed by atoms with Crippen molar-refractivity contribution in [2.24, 2.45) is 0 Å². The fourth-order valence-electron chi connectivity index (χ4n) is 3.03. The zero-order valence-corrected chi connectivity index (χ0v) is 17.0. The van der Waals surface area contributed by atoms with Crippen molar-refractivity contribution in [2.45, 2.75) is 33.8 Å². The Balaban J connectivity index is 1.74. The molecule has 0 spiro atoms. The molecule has 0 fully saturated rings. The largest absolute Gasteiger partial charge is 0.497 e. The van der Waals surface area contributed by atoms with Gasteiger partial charge in [0.1, 0.15) is 11.5 Å². The lowest BCUT2D eigenvalue weighted by atomic mass is 10.2. The van der Waals surface area contributed by atoms with Crippen LogP contribution in [0.5, 0.6) is 5.75 Å². The molecule has 1 aromatic carbocycles. The Morgan fingerprint density at radius 1 is 1.14 bits per heavy atom. The number of hydrogen-bond acceptors (Lipinski definition) is 6. The van der Waals surface area contributed by atoms with Gasteiger partial charge in [-0.2, -0.15) is 0 Å². The molecule has 2 heterocycles. The van der Waals surface area contributed by atoms with E-state index in [1.54, 1.807) is 26.2 Å². The molecule has 0 aliphatic carbocycles. The molecule has 0 unspecified atom stereocenters. The molecular formula is C21H23N3O5. The van der Waals surface area contributed by atoms with Crippen LogP contribution in [0.2, 0.25) is 0 Å². The molecule has 0 bridgehead atoms. The number of esters is 1. The number of benzene rings is 1. The Labute approximate surface area is 168 Å². The normalized spacial score (nSPS) is 11.8. The van der Waals surface area contributed by atoms with Crippen molar-refractivity contribution in [1.82, 2.24) is 9.72 Å². The first kappa shape index (κ1) is 20.2. The fraction of sp³-hybridized carbons (Fsp3) is 0.286. The smallest absolute Gasteiger partial charge is 0.340 e. The highest BCUT2D eigenvalue weighted by Crippen LogP contribution is 2.23. The number of amides is 1. The summed E-state index contributed by atoms with van der Waals surface area (Å²) in [6.07, 6.45) is -0.997. The lowest BCUT2D eigenvalue weighted by molar-refractivity contribution is -0.123. The molecule has 3 aromatic rings. The van der Waals surface area contributed by atoms with Crippen molar-refractivity contribution >= 4 is 17.7 Å². The zero-order chi connectivity index (χ0) is 21.1. The second-order valence-electron chi connectivity index (χ2n) is 6.68. The van der Waals surface area contributed by atoms with Gasteiger partial charge in [0.25, 0.3) is 5.91 Å². The quantitative estimate of drug-likeness (QED) is 0.639. The number of aryl methyl sites for hydroxylation is 2. The van der Waals surface area contributed by atoms with Gasteiger partial charge in [0.15, 0.2) is 11.9 Å². The predicted octanol–water partition coefficient (Wildman–Crippen LogP) is 3.58. The molecule has 0 aliphatic heterocycles. The number of carbonyl (C=O) groups is 2. The lowest BCUT2D eigenvalue weighted by Crippen LogP contribution is -2.30. The summed E-state index contributed by atoms with van der Waals surface area (Å²) in [6, 6.07) is 10.8. The van der Waals surface area contributed by atoms with Gasteiger partial charge in [-0.3, -0.25) is 4.79 Å². The van der Waals surface area contributed by atoms with E-state index in [4.69, 9.17) is 14.0 Å². The molecule has 0 saturated carbocycles. The van der Waals surface area contributed by atoms with E-state index < -0.39 is 18.0 Å². The van der Waals surface area contributed by atoms with Crippen LogP contribution in [0.3, 0.4) is 0 Å². The van der Waals surface area contributed by atoms with Crippen LogP contribution in [0.1, 0.15) is 34.4 Å². The number of aromatic nitrogens is 2. The third kappa shape index (κ3) is 4.31. The van der Waals surface area contributed by atoms with Crippen molar-refractivity contribution < 1.29 is 23.6 Å². The summed E-state index contributed by atoms with van der Waals surface area (Å²) in [5.74, 6) is 0.523. The highest BCUT2D eigenvalue weighted by atomic mass is 16.5. The highest BCUT2D eigenvalue weighted by molar-refractivity contribution is 5.97. The minimum atomic E-state index is -0.997. The Morgan fingerprint density at radius 2 is 1.83 bits per heavy atom. The SMILES string of the molecule is COc1ccc(-n2c(C)cc(C(=O)O[C@H](C)C(=O)Nc3cc(C)on3)c2C)cc1. The molecule has 152 valence electrons. The van der Waals surface area contributed by atoms with E-state index in [9.17, 15) is 9.59 Å². The summed E-state index contributed by atoms with van der Waals surface area (Å²) in [4.78, 5) is 24.9. The summed E-state index contributed by atoms with van der Waals surface area (Å²) < 4.78 is 17.4. The molecule has 0 saturated heterocycles. The van der Waals surface area contributed by atoms with Crippen LogP contribution in [-0.2, 0) is 9.53 Å². The zero-order valence-electron chi connectivity index (χ0n) is 17.0. The number of anilines is 1. The van der Waals surface area contributed by atoms with Crippen molar-refractivity contribution in [3.05, 3.63) is 59.1 Å². The summed E-state index contributed by atoms with van der Waals surface area (Å²) >= 11 is 0. The Morgan fingerprint density at radius 3 is 2.41 bits per heavy atom. The van der Waals surface area contributed by atoms with Gasteiger partial charge >= 0.3 is 5.97 Å². The Bertz CT molecular complexity index is 1030. The summed E-state index contributed by atoms with van der Waals surface area (Å²) in [5, 5.41) is 6.24. The minimum absolute atomic E-state index is 0.271. The van der Waals surface area contributed by atoms with Crippen molar-refractivity contribution in [3.8, 4) is 11.4 Å². The number of nitrogens with one attached hydrogen (secondary N) is 1. The molecule has 8 nitrogen and oxygen atoms in total. The molecule has 2 aromatic heterocycles. The van der Waals surface area contributed by atoms with Crippen LogP contribution in [0.4, 0.5) is 5.82 Å². The van der Waals surface area contributed by atoms with E-state index in [0.29, 0.717) is 11.3 Å². The number of ether oxygens (including phenoxy) is 2. The monoisotopic (exact) mass is 397 g/mol. The van der Waals surface area contributed by atoms with Gasteiger partial charge in [0.05, 0.1) is 12.7 Å². The van der Waals surface area contributed by atoms with Crippen LogP contribution in [0.25, 0.3) is 5.69 Å². The van der Waals surface area contributed by atoms with Gasteiger partial charge in [-0.05, 0) is 58.0 Å². The van der Waals surface area contributed by atoms with Crippen molar-refractivity contribution in [2.75, 3.05) is 12.4 Å². The number of nitrogens with zero attached hydrogens (tertiary/aromatic N) is 2. The molecule has 8 heteroatoms. The maximum Gasteiger partial charge on any atom is 0.340 e. The maximum atomic E-state index is 12.7. The summed E-state index contributed by atoms with van der Waals surface area (Å²) in [6.45, 7) is 6.95. The Kier molecular flexibility index (Phi) is 5.72. The van der Waals surface area contributed by atoms with Crippen LogP contribution < -0.4 is 10.1 Å². The number of hydrogen-bond donors (Lipinski definition) is 1. The van der Waals surface area contributed by atoms with Crippen LogP contribution in [0.15, 0.2) is 40.9 Å². The third-order valence-electron chi connectivity index (χ3n) is 4.51.